The molecule has 0 unspecified atom stereocenters. The summed E-state index contributed by atoms with van der Waals surface area (Å²) in [6.45, 7) is -0.566. The molecule has 0 atom stereocenters. The molecule has 0 saturated carbocycles. The van der Waals surface area contributed by atoms with Crippen molar-refractivity contribution in [1.82, 2.24) is 9.47 Å². The molecule has 6 heteroatoms. The highest BCUT2D eigenvalue weighted by Gasteiger charge is 2.30. The molecular formula is C11H17F3N2O. The van der Waals surface area contributed by atoms with Gasteiger partial charge in [-0.2, -0.15) is 13.2 Å². The Morgan fingerprint density at radius 2 is 2.12 bits per heavy atom. The molecule has 0 radical (unpaired) electrons. The first kappa shape index (κ1) is 14.1. The molecule has 0 aliphatic rings. The normalized spacial score (nSPS) is 12.4. The molecule has 0 aromatic carbocycles. The van der Waals surface area contributed by atoms with Gasteiger partial charge < -0.3 is 9.67 Å². The number of aliphatic hydroxyl groups excluding tert-OH is 1. The van der Waals surface area contributed by atoms with E-state index < -0.39 is 12.7 Å². The van der Waals surface area contributed by atoms with Crippen LogP contribution in [0.2, 0.25) is 0 Å². The van der Waals surface area contributed by atoms with Crippen LogP contribution in [0.1, 0.15) is 12.1 Å². The van der Waals surface area contributed by atoms with Gasteiger partial charge in [0.2, 0.25) is 0 Å². The monoisotopic (exact) mass is 250 g/mol. The molecule has 3 nitrogen and oxygen atoms in total. The first-order valence-corrected chi connectivity index (χ1v) is 5.42. The summed E-state index contributed by atoms with van der Waals surface area (Å²) in [7, 11) is 1.80. The topological polar surface area (TPSA) is 28.4 Å². The summed E-state index contributed by atoms with van der Waals surface area (Å²) in [4.78, 5) is 1.30. The van der Waals surface area contributed by atoms with Crippen LogP contribution < -0.4 is 0 Å². The fourth-order valence-electron chi connectivity index (χ4n) is 1.65. The highest BCUT2D eigenvalue weighted by atomic mass is 19.4. The minimum absolute atomic E-state index is 0.0957. The molecule has 0 amide bonds. The lowest BCUT2D eigenvalue weighted by Gasteiger charge is -2.23. The van der Waals surface area contributed by atoms with Crippen LogP contribution in [0.4, 0.5) is 13.2 Å². The summed E-state index contributed by atoms with van der Waals surface area (Å²) in [5.74, 6) is 0. The Balaban J connectivity index is 2.60. The van der Waals surface area contributed by atoms with Crippen molar-refractivity contribution in [1.29, 1.82) is 0 Å². The Hall–Kier alpha value is -1.01. The predicted octanol–water partition coefficient (Wildman–Crippen LogP) is 1.77. The summed E-state index contributed by atoms with van der Waals surface area (Å²) < 4.78 is 38.8. The van der Waals surface area contributed by atoms with Crippen LogP contribution in [-0.4, -0.2) is 40.4 Å². The lowest BCUT2D eigenvalue weighted by molar-refractivity contribution is -0.147. The van der Waals surface area contributed by atoms with Crippen molar-refractivity contribution < 1.29 is 18.3 Å². The Kier molecular flexibility index (Phi) is 5.02. The average molecular weight is 250 g/mol. The molecule has 0 aliphatic carbocycles. The maximum Gasteiger partial charge on any atom is 0.401 e. The number of aryl methyl sites for hydroxylation is 1. The van der Waals surface area contributed by atoms with E-state index >= 15 is 0 Å². The standard InChI is InChI=1S/C11H17F3N2O/c1-15-5-2-4-10(15)8-16(6-3-7-17)9-11(12,13)14/h2,4-5,17H,3,6-9H2,1H3. The van der Waals surface area contributed by atoms with Gasteiger partial charge in [-0.25, -0.2) is 0 Å². The van der Waals surface area contributed by atoms with Crippen LogP contribution in [0.15, 0.2) is 18.3 Å². The van der Waals surface area contributed by atoms with Gasteiger partial charge in [0.15, 0.2) is 0 Å². The van der Waals surface area contributed by atoms with E-state index in [1.807, 2.05) is 0 Å². The van der Waals surface area contributed by atoms with Crippen LogP contribution in [0.3, 0.4) is 0 Å². The van der Waals surface area contributed by atoms with E-state index in [2.05, 4.69) is 0 Å². The molecule has 1 aromatic rings. The van der Waals surface area contributed by atoms with Gasteiger partial charge in [-0.15, -0.1) is 0 Å². The fraction of sp³-hybridized carbons (Fsp3) is 0.636. The second-order valence-corrected chi connectivity index (χ2v) is 4.01. The molecule has 17 heavy (non-hydrogen) atoms. The first-order valence-electron chi connectivity index (χ1n) is 5.42. The van der Waals surface area contributed by atoms with Gasteiger partial charge in [-0.05, 0) is 18.6 Å². The number of hydrogen-bond acceptors (Lipinski definition) is 2. The van der Waals surface area contributed by atoms with Crippen molar-refractivity contribution in [2.24, 2.45) is 7.05 Å². The third kappa shape index (κ3) is 5.23. The third-order valence-corrected chi connectivity index (χ3v) is 2.47. The summed E-state index contributed by atoms with van der Waals surface area (Å²) in [6.07, 6.45) is -2.06. The number of rotatable bonds is 6. The lowest BCUT2D eigenvalue weighted by Crippen LogP contribution is -2.35. The molecule has 98 valence electrons. The molecular weight excluding hydrogens is 233 g/mol. The van der Waals surface area contributed by atoms with Crippen LogP contribution in [0, 0.1) is 0 Å². The number of nitrogens with zero attached hydrogens (tertiary/aromatic N) is 2. The molecule has 1 rings (SSSR count). The smallest absolute Gasteiger partial charge is 0.396 e. The van der Waals surface area contributed by atoms with E-state index in [0.717, 1.165) is 5.69 Å². The Morgan fingerprint density at radius 1 is 1.41 bits per heavy atom. The van der Waals surface area contributed by atoms with E-state index in [9.17, 15) is 13.2 Å². The fourth-order valence-corrected chi connectivity index (χ4v) is 1.65. The van der Waals surface area contributed by atoms with E-state index in [4.69, 9.17) is 5.11 Å². The maximum absolute atomic E-state index is 12.4. The Bertz CT molecular complexity index is 336. The highest BCUT2D eigenvalue weighted by Crippen LogP contribution is 2.18. The van der Waals surface area contributed by atoms with E-state index in [1.54, 1.807) is 29.9 Å². The van der Waals surface area contributed by atoms with Crippen LogP contribution in [-0.2, 0) is 13.6 Å². The van der Waals surface area contributed by atoms with Gasteiger partial charge >= 0.3 is 6.18 Å². The summed E-state index contributed by atoms with van der Waals surface area (Å²) >= 11 is 0. The number of alkyl halides is 3. The van der Waals surface area contributed by atoms with Crippen molar-refractivity contribution in [3.8, 4) is 0 Å². The SMILES string of the molecule is Cn1cccc1CN(CCCO)CC(F)(F)F. The van der Waals surface area contributed by atoms with Crippen molar-refractivity contribution >= 4 is 0 Å². The predicted molar refractivity (Wildman–Crippen MR) is 58.4 cm³/mol. The molecule has 1 aromatic heterocycles. The highest BCUT2D eigenvalue weighted by molar-refractivity contribution is 5.06. The lowest BCUT2D eigenvalue weighted by atomic mass is 10.3. The molecule has 0 saturated heterocycles. The third-order valence-electron chi connectivity index (χ3n) is 2.47. The minimum atomic E-state index is -4.21. The van der Waals surface area contributed by atoms with Gasteiger partial charge in [0.05, 0.1) is 6.54 Å². The molecule has 0 fully saturated rings. The quantitative estimate of drug-likeness (QED) is 0.833. The van der Waals surface area contributed by atoms with Crippen molar-refractivity contribution in [2.75, 3.05) is 19.7 Å². The van der Waals surface area contributed by atoms with Gasteiger partial charge in [-0.3, -0.25) is 4.90 Å². The van der Waals surface area contributed by atoms with Crippen molar-refractivity contribution in [2.45, 2.75) is 19.1 Å². The molecule has 0 bridgehead atoms. The first-order chi connectivity index (χ1) is 7.92. The van der Waals surface area contributed by atoms with Crippen LogP contribution >= 0.6 is 0 Å². The summed E-state index contributed by atoms with van der Waals surface area (Å²) in [5.41, 5.74) is 0.826. The summed E-state index contributed by atoms with van der Waals surface area (Å²) in [5, 5.41) is 8.68. The van der Waals surface area contributed by atoms with Gasteiger partial charge in [0.25, 0.3) is 0 Å². The van der Waals surface area contributed by atoms with Gasteiger partial charge in [0, 0.05) is 38.6 Å². The van der Waals surface area contributed by atoms with Gasteiger partial charge in [-0.1, -0.05) is 0 Å². The van der Waals surface area contributed by atoms with E-state index in [1.165, 1.54) is 4.90 Å². The van der Waals surface area contributed by atoms with Crippen LogP contribution in [0.5, 0.6) is 0 Å². The number of hydrogen-bond donors (Lipinski definition) is 1. The molecule has 0 aliphatic heterocycles. The zero-order valence-electron chi connectivity index (χ0n) is 9.74. The second-order valence-electron chi connectivity index (χ2n) is 4.01. The van der Waals surface area contributed by atoms with E-state index in [-0.39, 0.29) is 19.7 Å². The van der Waals surface area contributed by atoms with Gasteiger partial charge in [0.1, 0.15) is 0 Å². The number of aromatic nitrogens is 1. The zero-order valence-corrected chi connectivity index (χ0v) is 9.74. The summed E-state index contributed by atoms with van der Waals surface area (Å²) in [6, 6.07) is 3.59. The van der Waals surface area contributed by atoms with Crippen molar-refractivity contribution in [3.05, 3.63) is 24.0 Å². The minimum Gasteiger partial charge on any atom is -0.396 e. The Labute approximate surface area is 98.5 Å². The van der Waals surface area contributed by atoms with Crippen molar-refractivity contribution in [3.63, 3.8) is 0 Å². The molecule has 1 heterocycles. The number of aliphatic hydroxyl groups is 1. The van der Waals surface area contributed by atoms with E-state index in [0.29, 0.717) is 6.42 Å². The van der Waals surface area contributed by atoms with Crippen LogP contribution in [0.25, 0.3) is 0 Å². The maximum atomic E-state index is 12.4. The second kappa shape index (κ2) is 6.07. The molecule has 1 N–H and O–H groups in total. The number of halogens is 3. The average Bonchev–Trinajstić information content (AvgIpc) is 2.59. The largest absolute Gasteiger partial charge is 0.401 e. The molecule has 0 spiro atoms. The Morgan fingerprint density at radius 3 is 2.59 bits per heavy atom. The zero-order chi connectivity index (χ0) is 12.9.